The van der Waals surface area contributed by atoms with Gasteiger partial charge in [0.2, 0.25) is 0 Å². The predicted octanol–water partition coefficient (Wildman–Crippen LogP) is 2.22. The first-order chi connectivity index (χ1) is 8.53. The molecule has 2 heterocycles. The highest BCUT2D eigenvalue weighted by molar-refractivity contribution is 7.99. The molecule has 3 nitrogen and oxygen atoms in total. The number of nitrogens with one attached hydrogen (secondary N) is 1. The Morgan fingerprint density at radius 1 is 1.50 bits per heavy atom. The molecular weight excluding hydrogens is 264 g/mol. The van der Waals surface area contributed by atoms with E-state index in [0.29, 0.717) is 0 Å². The fourth-order valence-electron chi connectivity index (χ4n) is 2.14. The highest BCUT2D eigenvalue weighted by atomic mass is 32.2. The molecule has 0 aromatic carbocycles. The lowest BCUT2D eigenvalue weighted by Gasteiger charge is -2.35. The van der Waals surface area contributed by atoms with Gasteiger partial charge in [0.05, 0.1) is 4.88 Å². The summed E-state index contributed by atoms with van der Waals surface area (Å²) >= 11 is 3.53. The van der Waals surface area contributed by atoms with Gasteiger partial charge in [0.1, 0.15) is 0 Å². The number of carbonyl (C=O) groups is 1. The number of thiophene rings is 1. The molecule has 5 heteroatoms. The van der Waals surface area contributed by atoms with Crippen molar-refractivity contribution >= 4 is 29.0 Å². The molecule has 1 aliphatic heterocycles. The van der Waals surface area contributed by atoms with Crippen molar-refractivity contribution in [1.82, 2.24) is 10.2 Å². The van der Waals surface area contributed by atoms with Crippen molar-refractivity contribution in [3.05, 3.63) is 21.9 Å². The summed E-state index contributed by atoms with van der Waals surface area (Å²) in [5.74, 6) is 2.35. The van der Waals surface area contributed by atoms with E-state index < -0.39 is 0 Å². The van der Waals surface area contributed by atoms with Gasteiger partial charge in [0.15, 0.2) is 0 Å². The molecule has 100 valence electrons. The van der Waals surface area contributed by atoms with E-state index in [1.807, 2.05) is 30.8 Å². The van der Waals surface area contributed by atoms with E-state index in [1.165, 1.54) is 10.6 Å². The second kappa shape index (κ2) is 5.63. The lowest BCUT2D eigenvalue weighted by molar-refractivity contribution is 0.0918. The standard InChI is InChI=1S/C13H20N2OS2/c1-10-4-5-11(18-10)12(16)14-8-13(15(2)3)6-7-17-9-13/h4-5H,6-9H2,1-3H3,(H,14,16)/t13-/m1/s1. The number of hydrogen-bond donors (Lipinski definition) is 1. The van der Waals surface area contributed by atoms with E-state index in [1.54, 1.807) is 11.3 Å². The van der Waals surface area contributed by atoms with Gasteiger partial charge in [-0.05, 0) is 45.3 Å². The van der Waals surface area contributed by atoms with Gasteiger partial charge in [-0.15, -0.1) is 11.3 Å². The van der Waals surface area contributed by atoms with Crippen LogP contribution >= 0.6 is 23.1 Å². The Morgan fingerprint density at radius 3 is 2.78 bits per heavy atom. The highest BCUT2D eigenvalue weighted by Gasteiger charge is 2.36. The number of amides is 1. The van der Waals surface area contributed by atoms with E-state index in [2.05, 4.69) is 24.3 Å². The van der Waals surface area contributed by atoms with Crippen molar-refractivity contribution < 1.29 is 4.79 Å². The molecule has 0 bridgehead atoms. The number of rotatable bonds is 4. The van der Waals surface area contributed by atoms with Gasteiger partial charge in [0, 0.05) is 22.7 Å². The summed E-state index contributed by atoms with van der Waals surface area (Å²) < 4.78 is 0. The summed E-state index contributed by atoms with van der Waals surface area (Å²) in [6.07, 6.45) is 1.15. The van der Waals surface area contributed by atoms with Crippen LogP contribution in [-0.4, -0.2) is 48.5 Å². The molecule has 0 radical (unpaired) electrons. The van der Waals surface area contributed by atoms with Crippen LogP contribution in [0.2, 0.25) is 0 Å². The van der Waals surface area contributed by atoms with Crippen molar-refractivity contribution in [3.8, 4) is 0 Å². The fourth-order valence-corrected chi connectivity index (χ4v) is 4.47. The first-order valence-electron chi connectivity index (χ1n) is 6.13. The Balaban J connectivity index is 1.96. The molecule has 18 heavy (non-hydrogen) atoms. The average Bonchev–Trinajstić information content (AvgIpc) is 2.95. The van der Waals surface area contributed by atoms with Crippen LogP contribution in [0, 0.1) is 6.92 Å². The van der Waals surface area contributed by atoms with Gasteiger partial charge >= 0.3 is 0 Å². The minimum absolute atomic E-state index is 0.0613. The second-order valence-electron chi connectivity index (χ2n) is 5.01. The molecule has 0 saturated carbocycles. The average molecular weight is 284 g/mol. The summed E-state index contributed by atoms with van der Waals surface area (Å²) in [6, 6.07) is 3.90. The van der Waals surface area contributed by atoms with Crippen LogP contribution < -0.4 is 5.32 Å². The molecule has 0 aliphatic carbocycles. The third-order valence-electron chi connectivity index (χ3n) is 3.57. The molecule has 1 aromatic rings. The van der Waals surface area contributed by atoms with Crippen LogP contribution in [0.15, 0.2) is 12.1 Å². The number of carbonyl (C=O) groups excluding carboxylic acids is 1. The zero-order chi connectivity index (χ0) is 13.2. The molecule has 1 atom stereocenters. The number of likely N-dealkylation sites (N-methyl/N-ethyl adjacent to an activating group) is 1. The van der Waals surface area contributed by atoms with E-state index in [0.717, 1.165) is 23.6 Å². The van der Waals surface area contributed by atoms with Crippen LogP contribution in [0.4, 0.5) is 0 Å². The number of hydrogen-bond acceptors (Lipinski definition) is 4. The monoisotopic (exact) mass is 284 g/mol. The van der Waals surface area contributed by atoms with Gasteiger partial charge in [0.25, 0.3) is 5.91 Å². The van der Waals surface area contributed by atoms with Crippen LogP contribution in [0.1, 0.15) is 21.0 Å². The van der Waals surface area contributed by atoms with E-state index in [9.17, 15) is 4.79 Å². The molecule has 1 aliphatic rings. The number of nitrogens with zero attached hydrogens (tertiary/aromatic N) is 1. The van der Waals surface area contributed by atoms with Crippen LogP contribution in [0.3, 0.4) is 0 Å². The lowest BCUT2D eigenvalue weighted by atomic mass is 9.97. The van der Waals surface area contributed by atoms with Gasteiger partial charge in [-0.2, -0.15) is 11.8 Å². The minimum atomic E-state index is 0.0613. The summed E-state index contributed by atoms with van der Waals surface area (Å²) in [5.41, 5.74) is 0.132. The highest BCUT2D eigenvalue weighted by Crippen LogP contribution is 2.31. The maximum absolute atomic E-state index is 12.1. The van der Waals surface area contributed by atoms with E-state index >= 15 is 0 Å². The largest absolute Gasteiger partial charge is 0.349 e. The smallest absolute Gasteiger partial charge is 0.261 e. The molecule has 2 rings (SSSR count). The van der Waals surface area contributed by atoms with E-state index in [4.69, 9.17) is 0 Å². The molecule has 0 spiro atoms. The Labute approximate surface area is 117 Å². The van der Waals surface area contributed by atoms with E-state index in [-0.39, 0.29) is 11.4 Å². The summed E-state index contributed by atoms with van der Waals surface area (Å²) in [7, 11) is 4.21. The number of thioether (sulfide) groups is 1. The van der Waals surface area contributed by atoms with Crippen LogP contribution in [0.5, 0.6) is 0 Å². The summed E-state index contributed by atoms with van der Waals surface area (Å²) in [4.78, 5) is 16.3. The zero-order valence-electron chi connectivity index (χ0n) is 11.2. The Kier molecular flexibility index (Phi) is 4.35. The van der Waals surface area contributed by atoms with Crippen molar-refractivity contribution in [1.29, 1.82) is 0 Å². The lowest BCUT2D eigenvalue weighted by Crippen LogP contribution is -2.52. The van der Waals surface area contributed by atoms with Gasteiger partial charge < -0.3 is 10.2 Å². The summed E-state index contributed by atoms with van der Waals surface area (Å²) in [5, 5.41) is 3.09. The molecule has 1 saturated heterocycles. The van der Waals surface area contributed by atoms with Crippen molar-refractivity contribution in [2.24, 2.45) is 0 Å². The van der Waals surface area contributed by atoms with Crippen molar-refractivity contribution in [2.45, 2.75) is 18.9 Å². The number of aryl methyl sites for hydroxylation is 1. The maximum atomic E-state index is 12.1. The fraction of sp³-hybridized carbons (Fsp3) is 0.615. The summed E-state index contributed by atoms with van der Waals surface area (Å²) in [6.45, 7) is 2.76. The Hall–Kier alpha value is -0.520. The van der Waals surface area contributed by atoms with Gasteiger partial charge in [-0.1, -0.05) is 0 Å². The molecule has 0 unspecified atom stereocenters. The quantitative estimate of drug-likeness (QED) is 0.920. The molecule has 1 fully saturated rings. The first-order valence-corrected chi connectivity index (χ1v) is 8.10. The normalized spacial score (nSPS) is 23.6. The maximum Gasteiger partial charge on any atom is 0.261 e. The molecule has 1 amide bonds. The second-order valence-corrected chi connectivity index (χ2v) is 7.41. The first kappa shape index (κ1) is 13.9. The third-order valence-corrected chi connectivity index (χ3v) is 5.81. The van der Waals surface area contributed by atoms with Gasteiger partial charge in [-0.3, -0.25) is 4.79 Å². The SMILES string of the molecule is Cc1ccc(C(=O)NC[C@]2(N(C)C)CCSC2)s1. The van der Waals surface area contributed by atoms with Crippen LogP contribution in [0.25, 0.3) is 0 Å². The molecule has 1 N–H and O–H groups in total. The third kappa shape index (κ3) is 2.90. The topological polar surface area (TPSA) is 32.3 Å². The Morgan fingerprint density at radius 2 is 2.28 bits per heavy atom. The predicted molar refractivity (Wildman–Crippen MR) is 79.7 cm³/mol. The van der Waals surface area contributed by atoms with Crippen molar-refractivity contribution in [3.63, 3.8) is 0 Å². The van der Waals surface area contributed by atoms with Crippen molar-refractivity contribution in [2.75, 3.05) is 32.1 Å². The molecule has 1 aromatic heterocycles. The van der Waals surface area contributed by atoms with Crippen LogP contribution in [-0.2, 0) is 0 Å². The Bertz CT molecular complexity index is 422. The minimum Gasteiger partial charge on any atom is -0.349 e. The van der Waals surface area contributed by atoms with Gasteiger partial charge in [-0.25, -0.2) is 0 Å². The zero-order valence-corrected chi connectivity index (χ0v) is 12.8. The molecular formula is C13H20N2OS2.